The largest absolute Gasteiger partial charge is 0.496 e. The van der Waals surface area contributed by atoms with Crippen LogP contribution in [0.2, 0.25) is 0 Å². The molecule has 128 valence electrons. The van der Waals surface area contributed by atoms with Crippen LogP contribution in [0.15, 0.2) is 12.1 Å². The van der Waals surface area contributed by atoms with Crippen molar-refractivity contribution in [1.29, 1.82) is 0 Å². The SMILES string of the molecule is CCc1ccc(OC)c(C(=O)NCC2CCCN2CC)c1OCl. The summed E-state index contributed by atoms with van der Waals surface area (Å²) in [7, 11) is 1.53. The average molecular weight is 341 g/mol. The van der Waals surface area contributed by atoms with Gasteiger partial charge in [-0.3, -0.25) is 9.69 Å². The van der Waals surface area contributed by atoms with Gasteiger partial charge in [0.1, 0.15) is 23.2 Å². The molecule has 1 heterocycles. The van der Waals surface area contributed by atoms with Crippen molar-refractivity contribution in [1.82, 2.24) is 10.2 Å². The van der Waals surface area contributed by atoms with E-state index < -0.39 is 0 Å². The lowest BCUT2D eigenvalue weighted by atomic mass is 10.0. The van der Waals surface area contributed by atoms with Crippen molar-refractivity contribution in [3.63, 3.8) is 0 Å². The highest BCUT2D eigenvalue weighted by Gasteiger charge is 2.26. The zero-order valence-electron chi connectivity index (χ0n) is 14.0. The summed E-state index contributed by atoms with van der Waals surface area (Å²) in [6, 6.07) is 4.04. The molecule has 0 aromatic heterocycles. The van der Waals surface area contributed by atoms with Gasteiger partial charge in [-0.2, -0.15) is 0 Å². The maximum atomic E-state index is 12.7. The Balaban J connectivity index is 2.17. The monoisotopic (exact) mass is 340 g/mol. The first-order valence-electron chi connectivity index (χ1n) is 8.16. The predicted molar refractivity (Wildman–Crippen MR) is 91.5 cm³/mol. The first kappa shape index (κ1) is 17.9. The Morgan fingerprint density at radius 1 is 1.43 bits per heavy atom. The lowest BCUT2D eigenvalue weighted by Crippen LogP contribution is -2.40. The molecule has 1 amide bonds. The molecule has 1 aliphatic heterocycles. The maximum absolute atomic E-state index is 12.7. The Hall–Kier alpha value is -1.46. The van der Waals surface area contributed by atoms with Crippen molar-refractivity contribution in [2.75, 3.05) is 26.7 Å². The molecule has 23 heavy (non-hydrogen) atoms. The van der Waals surface area contributed by atoms with Crippen LogP contribution in [0.3, 0.4) is 0 Å². The second-order valence-corrected chi connectivity index (χ2v) is 5.85. The minimum atomic E-state index is -0.212. The Morgan fingerprint density at radius 3 is 2.83 bits per heavy atom. The topological polar surface area (TPSA) is 50.8 Å². The van der Waals surface area contributed by atoms with Crippen LogP contribution in [0.25, 0.3) is 0 Å². The number of carbonyl (C=O) groups excluding carboxylic acids is 1. The van der Waals surface area contributed by atoms with Gasteiger partial charge in [-0.15, -0.1) is 0 Å². The first-order chi connectivity index (χ1) is 11.2. The summed E-state index contributed by atoms with van der Waals surface area (Å²) >= 11 is 5.62. The van der Waals surface area contributed by atoms with Gasteiger partial charge in [0.05, 0.1) is 7.11 Å². The van der Waals surface area contributed by atoms with E-state index in [4.69, 9.17) is 20.9 Å². The molecule has 1 saturated heterocycles. The van der Waals surface area contributed by atoms with E-state index >= 15 is 0 Å². The first-order valence-corrected chi connectivity index (χ1v) is 8.47. The molecule has 1 aromatic carbocycles. The lowest BCUT2D eigenvalue weighted by molar-refractivity contribution is 0.0936. The fourth-order valence-electron chi connectivity index (χ4n) is 3.20. The third-order valence-electron chi connectivity index (χ3n) is 4.51. The molecule has 0 aliphatic carbocycles. The van der Waals surface area contributed by atoms with Crippen LogP contribution < -0.4 is 14.3 Å². The normalized spacial score (nSPS) is 18.0. The highest BCUT2D eigenvalue weighted by molar-refractivity contribution is 6.11. The van der Waals surface area contributed by atoms with Crippen molar-refractivity contribution in [2.24, 2.45) is 0 Å². The number of aryl methyl sites for hydroxylation is 1. The van der Waals surface area contributed by atoms with Crippen LogP contribution in [-0.4, -0.2) is 43.6 Å². The molecule has 1 atom stereocenters. The fraction of sp³-hybridized carbons (Fsp3) is 0.588. The summed E-state index contributed by atoms with van der Waals surface area (Å²) in [5.74, 6) is 0.634. The number of carbonyl (C=O) groups is 1. The predicted octanol–water partition coefficient (Wildman–Crippen LogP) is 3.00. The van der Waals surface area contributed by atoms with E-state index in [9.17, 15) is 4.79 Å². The van der Waals surface area contributed by atoms with E-state index in [1.165, 1.54) is 13.5 Å². The second kappa shape index (κ2) is 8.41. The van der Waals surface area contributed by atoms with E-state index in [2.05, 4.69) is 17.1 Å². The van der Waals surface area contributed by atoms with Gasteiger partial charge >= 0.3 is 0 Å². The van der Waals surface area contributed by atoms with Crippen LogP contribution in [0.1, 0.15) is 42.6 Å². The van der Waals surface area contributed by atoms with E-state index in [1.54, 1.807) is 6.07 Å². The molecule has 0 spiro atoms. The van der Waals surface area contributed by atoms with Gasteiger partial charge in [0.2, 0.25) is 0 Å². The molecule has 0 saturated carbocycles. The Morgan fingerprint density at radius 2 is 2.22 bits per heavy atom. The van der Waals surface area contributed by atoms with E-state index in [0.29, 0.717) is 29.6 Å². The molecule has 0 bridgehead atoms. The van der Waals surface area contributed by atoms with E-state index in [0.717, 1.165) is 31.5 Å². The van der Waals surface area contributed by atoms with Crippen LogP contribution in [0.4, 0.5) is 0 Å². The van der Waals surface area contributed by atoms with Gasteiger partial charge < -0.3 is 14.3 Å². The van der Waals surface area contributed by atoms with Crippen LogP contribution in [-0.2, 0) is 6.42 Å². The summed E-state index contributed by atoms with van der Waals surface area (Å²) in [5.41, 5.74) is 1.24. The van der Waals surface area contributed by atoms with Crippen molar-refractivity contribution >= 4 is 17.8 Å². The second-order valence-electron chi connectivity index (χ2n) is 5.70. The molecular formula is C17H25ClN2O3. The quantitative estimate of drug-likeness (QED) is 0.829. The number of ether oxygens (including phenoxy) is 1. The van der Waals surface area contributed by atoms with Crippen LogP contribution in [0.5, 0.6) is 11.5 Å². The Kier molecular flexibility index (Phi) is 6.54. The standard InChI is InChI=1S/C17H25ClN2O3/c1-4-12-8-9-14(22-3)15(16(12)23-18)17(21)19-11-13-7-6-10-20(13)5-2/h8-9,13H,4-7,10-11H2,1-3H3,(H,19,21). The molecule has 1 N–H and O–H groups in total. The molecule has 1 aliphatic rings. The Bertz CT molecular complexity index is 551. The molecule has 1 unspecified atom stereocenters. The van der Waals surface area contributed by atoms with Crippen LogP contribution >= 0.6 is 11.9 Å². The molecule has 6 heteroatoms. The highest BCUT2D eigenvalue weighted by atomic mass is 35.5. The zero-order valence-corrected chi connectivity index (χ0v) is 14.8. The molecule has 5 nitrogen and oxygen atoms in total. The summed E-state index contributed by atoms with van der Waals surface area (Å²) in [5, 5.41) is 3.01. The van der Waals surface area contributed by atoms with Gasteiger partial charge in [0.15, 0.2) is 5.75 Å². The fourth-order valence-corrected chi connectivity index (χ4v) is 3.38. The lowest BCUT2D eigenvalue weighted by Gasteiger charge is -2.23. The number of benzene rings is 1. The minimum Gasteiger partial charge on any atom is -0.496 e. The number of likely N-dealkylation sites (tertiary alicyclic amines) is 1. The summed E-state index contributed by atoms with van der Waals surface area (Å²) < 4.78 is 10.3. The number of likely N-dealkylation sites (N-methyl/N-ethyl adjacent to an activating group) is 1. The minimum absolute atomic E-state index is 0.212. The number of hydrogen-bond donors (Lipinski definition) is 1. The number of rotatable bonds is 7. The number of halogens is 1. The number of nitrogens with one attached hydrogen (secondary N) is 1. The molecule has 0 radical (unpaired) electrons. The maximum Gasteiger partial charge on any atom is 0.259 e. The third-order valence-corrected chi connectivity index (χ3v) is 4.66. The van der Waals surface area contributed by atoms with Crippen LogP contribution in [0, 0.1) is 0 Å². The summed E-state index contributed by atoms with van der Waals surface area (Å²) in [6.45, 7) is 6.86. The third kappa shape index (κ3) is 3.90. The highest BCUT2D eigenvalue weighted by Crippen LogP contribution is 2.33. The van der Waals surface area contributed by atoms with Gasteiger partial charge in [0, 0.05) is 12.6 Å². The van der Waals surface area contributed by atoms with Crippen molar-refractivity contribution in [2.45, 2.75) is 39.2 Å². The van der Waals surface area contributed by atoms with Crippen molar-refractivity contribution in [3.8, 4) is 11.5 Å². The Labute approximate surface area is 143 Å². The van der Waals surface area contributed by atoms with Crippen molar-refractivity contribution < 1.29 is 13.8 Å². The average Bonchev–Trinajstić information content (AvgIpc) is 3.05. The molecule has 2 rings (SSSR count). The number of hydrogen-bond acceptors (Lipinski definition) is 4. The van der Waals surface area contributed by atoms with E-state index in [1.807, 2.05) is 13.0 Å². The van der Waals surface area contributed by atoms with Gasteiger partial charge in [-0.25, -0.2) is 0 Å². The van der Waals surface area contributed by atoms with Crippen molar-refractivity contribution in [3.05, 3.63) is 23.3 Å². The van der Waals surface area contributed by atoms with Gasteiger partial charge in [0.25, 0.3) is 5.91 Å². The number of nitrogens with zero attached hydrogens (tertiary/aromatic N) is 1. The zero-order chi connectivity index (χ0) is 16.8. The van der Waals surface area contributed by atoms with Gasteiger partial charge in [-0.05, 0) is 44.0 Å². The number of methoxy groups -OCH3 is 1. The molecule has 1 fully saturated rings. The smallest absolute Gasteiger partial charge is 0.259 e. The number of amides is 1. The summed E-state index contributed by atoms with van der Waals surface area (Å²) in [6.07, 6.45) is 3.01. The van der Waals surface area contributed by atoms with Gasteiger partial charge in [-0.1, -0.05) is 19.9 Å². The molecule has 1 aromatic rings. The summed E-state index contributed by atoms with van der Waals surface area (Å²) in [4.78, 5) is 15.1. The van der Waals surface area contributed by atoms with E-state index in [-0.39, 0.29) is 5.91 Å². The molecular weight excluding hydrogens is 316 g/mol.